The minimum atomic E-state index is -0.841. The normalized spacial score (nSPS) is 17.8. The van der Waals surface area contributed by atoms with Gasteiger partial charge in [-0.2, -0.15) is 0 Å². The lowest BCUT2D eigenvalue weighted by Gasteiger charge is -2.39. The summed E-state index contributed by atoms with van der Waals surface area (Å²) in [6, 6.07) is 3.80. The maximum atomic E-state index is 13.9. The van der Waals surface area contributed by atoms with Crippen LogP contribution in [0.15, 0.2) is 18.2 Å². The van der Waals surface area contributed by atoms with Gasteiger partial charge in [0.1, 0.15) is 11.6 Å². The highest BCUT2D eigenvalue weighted by atomic mass is 35.5. The van der Waals surface area contributed by atoms with E-state index in [1.807, 2.05) is 16.7 Å². The van der Waals surface area contributed by atoms with E-state index in [0.29, 0.717) is 13.1 Å². The molecule has 0 spiro atoms. The van der Waals surface area contributed by atoms with E-state index < -0.39 is 17.6 Å². The standard InChI is InChI=1S/C16H22F2N2O2.ClH/c1-11(16-13(17)4-3-5-14(16)18)20-8-6-12(7-9-20)19(2)10-15(21)22;/h3-5,11-12H,6-10H2,1-2H3,(H,21,22);1H. The number of hydrogen-bond acceptors (Lipinski definition) is 3. The number of rotatable bonds is 5. The molecule has 1 aliphatic heterocycles. The molecule has 1 aromatic carbocycles. The van der Waals surface area contributed by atoms with Gasteiger partial charge in [-0.1, -0.05) is 6.07 Å². The van der Waals surface area contributed by atoms with E-state index in [1.54, 1.807) is 7.05 Å². The van der Waals surface area contributed by atoms with E-state index in [-0.39, 0.29) is 36.6 Å². The summed E-state index contributed by atoms with van der Waals surface area (Å²) in [5.74, 6) is -1.87. The van der Waals surface area contributed by atoms with Gasteiger partial charge in [0.25, 0.3) is 0 Å². The van der Waals surface area contributed by atoms with Crippen molar-refractivity contribution < 1.29 is 18.7 Å². The van der Waals surface area contributed by atoms with E-state index in [1.165, 1.54) is 18.2 Å². The Labute approximate surface area is 141 Å². The molecule has 1 aliphatic rings. The summed E-state index contributed by atoms with van der Waals surface area (Å²) >= 11 is 0. The Bertz CT molecular complexity index is 517. The first-order valence-corrected chi connectivity index (χ1v) is 7.50. The number of halogens is 3. The van der Waals surface area contributed by atoms with Gasteiger partial charge in [0, 0.05) is 30.7 Å². The molecule has 0 radical (unpaired) electrons. The summed E-state index contributed by atoms with van der Waals surface area (Å²) in [4.78, 5) is 14.6. The van der Waals surface area contributed by atoms with Crippen LogP contribution in [-0.4, -0.2) is 53.6 Å². The predicted molar refractivity (Wildman–Crippen MR) is 86.9 cm³/mol. The molecule has 0 bridgehead atoms. The second-order valence-electron chi connectivity index (χ2n) is 5.89. The van der Waals surface area contributed by atoms with E-state index in [9.17, 15) is 13.6 Å². The summed E-state index contributed by atoms with van der Waals surface area (Å²) in [7, 11) is 1.80. The quantitative estimate of drug-likeness (QED) is 0.888. The van der Waals surface area contributed by atoms with E-state index in [2.05, 4.69) is 0 Å². The van der Waals surface area contributed by atoms with Crippen molar-refractivity contribution in [3.05, 3.63) is 35.4 Å². The highest BCUT2D eigenvalue weighted by molar-refractivity contribution is 5.85. The van der Waals surface area contributed by atoms with Crippen molar-refractivity contribution in [1.29, 1.82) is 0 Å². The minimum absolute atomic E-state index is 0. The summed E-state index contributed by atoms with van der Waals surface area (Å²) in [6.45, 7) is 3.22. The number of likely N-dealkylation sites (tertiary alicyclic amines) is 1. The van der Waals surface area contributed by atoms with Crippen LogP contribution in [0.3, 0.4) is 0 Å². The number of benzene rings is 1. The third kappa shape index (κ3) is 4.86. The smallest absolute Gasteiger partial charge is 0.317 e. The van der Waals surface area contributed by atoms with Gasteiger partial charge in [0.05, 0.1) is 6.54 Å². The van der Waals surface area contributed by atoms with Crippen LogP contribution in [0.4, 0.5) is 8.78 Å². The average molecular weight is 349 g/mol. The van der Waals surface area contributed by atoms with Crippen molar-refractivity contribution in [1.82, 2.24) is 9.80 Å². The number of carboxylic acid groups (broad SMARTS) is 1. The fraction of sp³-hybridized carbons (Fsp3) is 0.562. The average Bonchev–Trinajstić information content (AvgIpc) is 2.46. The van der Waals surface area contributed by atoms with Gasteiger partial charge in [-0.05, 0) is 38.9 Å². The van der Waals surface area contributed by atoms with Gasteiger partial charge in [-0.15, -0.1) is 12.4 Å². The van der Waals surface area contributed by atoms with Crippen LogP contribution in [0.25, 0.3) is 0 Å². The molecule has 1 aromatic rings. The molecule has 130 valence electrons. The molecule has 2 rings (SSSR count). The van der Waals surface area contributed by atoms with Crippen molar-refractivity contribution >= 4 is 18.4 Å². The molecule has 7 heteroatoms. The van der Waals surface area contributed by atoms with E-state index >= 15 is 0 Å². The number of hydrogen-bond donors (Lipinski definition) is 1. The maximum Gasteiger partial charge on any atom is 0.317 e. The largest absolute Gasteiger partial charge is 0.480 e. The lowest BCUT2D eigenvalue weighted by Crippen LogP contribution is -2.45. The topological polar surface area (TPSA) is 43.8 Å². The Morgan fingerprint density at radius 2 is 1.87 bits per heavy atom. The van der Waals surface area contributed by atoms with Crippen LogP contribution in [0.5, 0.6) is 0 Å². The molecule has 1 atom stereocenters. The minimum Gasteiger partial charge on any atom is -0.480 e. The fourth-order valence-electron chi connectivity index (χ4n) is 3.15. The predicted octanol–water partition coefficient (Wildman–Crippen LogP) is 2.93. The molecular formula is C16H23ClF2N2O2. The zero-order valence-corrected chi connectivity index (χ0v) is 14.2. The molecule has 0 aromatic heterocycles. The van der Waals surface area contributed by atoms with Crippen LogP contribution in [-0.2, 0) is 4.79 Å². The summed E-state index contributed by atoms with van der Waals surface area (Å²) in [5, 5.41) is 8.83. The summed E-state index contributed by atoms with van der Waals surface area (Å²) < 4.78 is 27.7. The van der Waals surface area contributed by atoms with Crippen LogP contribution in [0.1, 0.15) is 31.4 Å². The van der Waals surface area contributed by atoms with Gasteiger partial charge in [0.15, 0.2) is 0 Å². The van der Waals surface area contributed by atoms with Crippen LogP contribution in [0.2, 0.25) is 0 Å². The highest BCUT2D eigenvalue weighted by Crippen LogP contribution is 2.29. The first-order chi connectivity index (χ1) is 10.4. The molecule has 1 heterocycles. The molecule has 0 aliphatic carbocycles. The van der Waals surface area contributed by atoms with Crippen LogP contribution < -0.4 is 0 Å². The van der Waals surface area contributed by atoms with E-state index in [0.717, 1.165) is 12.8 Å². The van der Waals surface area contributed by atoms with Gasteiger partial charge in [0.2, 0.25) is 0 Å². The Hall–Kier alpha value is -1.24. The lowest BCUT2D eigenvalue weighted by molar-refractivity contribution is -0.138. The van der Waals surface area contributed by atoms with Crippen molar-refractivity contribution in [2.45, 2.75) is 31.8 Å². The number of likely N-dealkylation sites (N-methyl/N-ethyl adjacent to an activating group) is 1. The first kappa shape index (κ1) is 19.8. The summed E-state index contributed by atoms with van der Waals surface area (Å²) in [6.07, 6.45) is 1.59. The van der Waals surface area contributed by atoms with Crippen LogP contribution >= 0.6 is 12.4 Å². The third-order valence-electron chi connectivity index (χ3n) is 4.47. The molecule has 1 N–H and O–H groups in total. The van der Waals surface area contributed by atoms with Crippen molar-refractivity contribution in [2.24, 2.45) is 0 Å². The Morgan fingerprint density at radius 3 is 2.35 bits per heavy atom. The van der Waals surface area contributed by atoms with Gasteiger partial charge in [-0.3, -0.25) is 14.6 Å². The lowest BCUT2D eigenvalue weighted by atomic mass is 9.98. The van der Waals surface area contributed by atoms with Crippen molar-refractivity contribution in [3.8, 4) is 0 Å². The zero-order chi connectivity index (χ0) is 16.3. The van der Waals surface area contributed by atoms with Gasteiger partial charge >= 0.3 is 5.97 Å². The number of piperidine rings is 1. The molecule has 1 saturated heterocycles. The molecule has 1 unspecified atom stereocenters. The number of nitrogens with zero attached hydrogens (tertiary/aromatic N) is 2. The zero-order valence-electron chi connectivity index (χ0n) is 13.3. The van der Waals surface area contributed by atoms with Gasteiger partial charge in [-0.25, -0.2) is 8.78 Å². The molecule has 1 fully saturated rings. The maximum absolute atomic E-state index is 13.9. The Balaban J connectivity index is 0.00000264. The van der Waals surface area contributed by atoms with Crippen molar-refractivity contribution in [3.63, 3.8) is 0 Å². The SMILES string of the molecule is CC(c1c(F)cccc1F)N1CCC(N(C)CC(=O)O)CC1.Cl. The second-order valence-corrected chi connectivity index (χ2v) is 5.89. The molecule has 23 heavy (non-hydrogen) atoms. The summed E-state index contributed by atoms with van der Waals surface area (Å²) in [5.41, 5.74) is 0.111. The van der Waals surface area contributed by atoms with E-state index in [4.69, 9.17) is 5.11 Å². The van der Waals surface area contributed by atoms with Gasteiger partial charge < -0.3 is 5.11 Å². The second kappa shape index (κ2) is 8.57. The molecule has 0 saturated carbocycles. The van der Waals surface area contributed by atoms with Crippen LogP contribution in [0, 0.1) is 11.6 Å². The Kier molecular flexibility index (Phi) is 7.38. The fourth-order valence-corrected chi connectivity index (χ4v) is 3.15. The number of carbonyl (C=O) groups is 1. The number of aliphatic carboxylic acids is 1. The molecule has 0 amide bonds. The Morgan fingerprint density at radius 1 is 1.35 bits per heavy atom. The monoisotopic (exact) mass is 348 g/mol. The molecular weight excluding hydrogens is 326 g/mol. The van der Waals surface area contributed by atoms with Crippen molar-refractivity contribution in [2.75, 3.05) is 26.7 Å². The number of carboxylic acids is 1. The molecule has 4 nitrogen and oxygen atoms in total. The third-order valence-corrected chi connectivity index (χ3v) is 4.47. The first-order valence-electron chi connectivity index (χ1n) is 7.50. The highest BCUT2D eigenvalue weighted by Gasteiger charge is 2.28.